The van der Waals surface area contributed by atoms with Gasteiger partial charge in [0.2, 0.25) is 5.91 Å². The van der Waals surface area contributed by atoms with Crippen LogP contribution in [0.3, 0.4) is 0 Å². The Kier molecular flexibility index (Phi) is 7.17. The average Bonchev–Trinajstić information content (AvgIpc) is 3.51. The third-order valence-electron chi connectivity index (χ3n) is 6.44. The van der Waals surface area contributed by atoms with Crippen molar-refractivity contribution in [1.29, 1.82) is 0 Å². The second-order valence-electron chi connectivity index (χ2n) is 9.08. The Morgan fingerprint density at radius 3 is 2.38 bits per heavy atom. The van der Waals surface area contributed by atoms with Crippen molar-refractivity contribution >= 4 is 44.6 Å². The molecule has 1 N–H and O–H groups in total. The Morgan fingerprint density at radius 2 is 1.79 bits per heavy atom. The first-order chi connectivity index (χ1) is 18.5. The molecule has 39 heavy (non-hydrogen) atoms. The molecule has 0 atom stereocenters. The normalized spacial score (nSPS) is 14.3. The summed E-state index contributed by atoms with van der Waals surface area (Å²) in [6.45, 7) is 1.53. The first kappa shape index (κ1) is 27.2. The molecular formula is C26H20Cl2F2N4O4S. The maximum Gasteiger partial charge on any atom is 0.258 e. The number of hydrogen-bond donors (Lipinski definition) is 1. The van der Waals surface area contributed by atoms with Gasteiger partial charge in [-0.2, -0.15) is 4.98 Å². The van der Waals surface area contributed by atoms with Crippen molar-refractivity contribution in [3.63, 3.8) is 0 Å². The van der Waals surface area contributed by atoms with Crippen molar-refractivity contribution < 1.29 is 26.5 Å². The number of amides is 1. The SMILES string of the molecule is CCS(=O)(=O)c1ccc(CC(=O)Nc2cc(Cl)c(C3(c4noc(-c5ccc(F)c(F)c5)n4)CC3)c(Cl)c2)cn1. The van der Waals surface area contributed by atoms with Crippen LogP contribution in [0.1, 0.15) is 36.7 Å². The quantitative estimate of drug-likeness (QED) is 0.276. The van der Waals surface area contributed by atoms with Crippen molar-refractivity contribution in [2.24, 2.45) is 0 Å². The lowest BCUT2D eigenvalue weighted by atomic mass is 9.94. The van der Waals surface area contributed by atoms with Gasteiger partial charge in [0.15, 0.2) is 32.3 Å². The van der Waals surface area contributed by atoms with E-state index in [-0.39, 0.29) is 44.6 Å². The van der Waals surface area contributed by atoms with Gasteiger partial charge in [0, 0.05) is 33.1 Å². The first-order valence-electron chi connectivity index (χ1n) is 11.8. The number of rotatable bonds is 8. The lowest BCUT2D eigenvalue weighted by Gasteiger charge is -2.17. The lowest BCUT2D eigenvalue weighted by molar-refractivity contribution is -0.115. The molecule has 1 amide bonds. The molecule has 0 aliphatic heterocycles. The highest BCUT2D eigenvalue weighted by atomic mass is 35.5. The Hall–Kier alpha value is -3.41. The first-order valence-corrected chi connectivity index (χ1v) is 14.2. The second-order valence-corrected chi connectivity index (χ2v) is 12.1. The molecule has 1 aliphatic rings. The molecule has 0 bridgehead atoms. The lowest BCUT2D eigenvalue weighted by Crippen LogP contribution is -2.16. The largest absolute Gasteiger partial charge is 0.334 e. The molecule has 0 radical (unpaired) electrons. The summed E-state index contributed by atoms with van der Waals surface area (Å²) >= 11 is 13.2. The van der Waals surface area contributed by atoms with Crippen molar-refractivity contribution in [2.75, 3.05) is 11.1 Å². The Morgan fingerprint density at radius 1 is 1.08 bits per heavy atom. The van der Waals surface area contributed by atoms with Gasteiger partial charge in [0.25, 0.3) is 5.89 Å². The molecule has 1 fully saturated rings. The number of aromatic nitrogens is 3. The maximum atomic E-state index is 13.7. The third-order valence-corrected chi connectivity index (χ3v) is 8.67. The summed E-state index contributed by atoms with van der Waals surface area (Å²) in [4.78, 5) is 21.0. The molecule has 5 rings (SSSR count). The fraction of sp³-hybridized carbons (Fsp3) is 0.231. The highest BCUT2D eigenvalue weighted by molar-refractivity contribution is 7.91. The van der Waals surface area contributed by atoms with E-state index in [9.17, 15) is 22.0 Å². The van der Waals surface area contributed by atoms with Crippen LogP contribution in [0.15, 0.2) is 58.2 Å². The molecule has 13 heteroatoms. The zero-order chi connectivity index (χ0) is 27.9. The maximum absolute atomic E-state index is 13.7. The van der Waals surface area contributed by atoms with Gasteiger partial charge in [-0.25, -0.2) is 22.2 Å². The van der Waals surface area contributed by atoms with E-state index in [2.05, 4.69) is 20.4 Å². The van der Waals surface area contributed by atoms with Crippen LogP contribution in [0.25, 0.3) is 11.5 Å². The summed E-state index contributed by atoms with van der Waals surface area (Å²) in [6.07, 6.45) is 2.56. The van der Waals surface area contributed by atoms with Crippen molar-refractivity contribution in [3.8, 4) is 11.5 Å². The van der Waals surface area contributed by atoms with Crippen LogP contribution in [-0.4, -0.2) is 35.2 Å². The summed E-state index contributed by atoms with van der Waals surface area (Å²) in [6, 6.07) is 9.32. The van der Waals surface area contributed by atoms with Gasteiger partial charge in [-0.1, -0.05) is 41.3 Å². The van der Waals surface area contributed by atoms with Gasteiger partial charge in [-0.15, -0.1) is 0 Å². The minimum Gasteiger partial charge on any atom is -0.334 e. The smallest absolute Gasteiger partial charge is 0.258 e. The third kappa shape index (κ3) is 5.39. The van der Waals surface area contributed by atoms with Crippen LogP contribution in [0.2, 0.25) is 10.0 Å². The minimum atomic E-state index is -3.43. The van der Waals surface area contributed by atoms with E-state index in [4.69, 9.17) is 27.7 Å². The Balaban J connectivity index is 1.33. The van der Waals surface area contributed by atoms with Crippen LogP contribution >= 0.6 is 23.2 Å². The fourth-order valence-corrected chi connectivity index (χ4v) is 5.85. The number of sulfone groups is 1. The number of carbonyl (C=O) groups is 1. The van der Waals surface area contributed by atoms with E-state index in [1.54, 1.807) is 12.1 Å². The van der Waals surface area contributed by atoms with E-state index in [1.165, 1.54) is 31.3 Å². The van der Waals surface area contributed by atoms with Crippen molar-refractivity contribution in [1.82, 2.24) is 15.1 Å². The van der Waals surface area contributed by atoms with Crippen LogP contribution < -0.4 is 5.32 Å². The number of nitrogens with one attached hydrogen (secondary N) is 1. The Bertz CT molecular complexity index is 1670. The molecule has 8 nitrogen and oxygen atoms in total. The van der Waals surface area contributed by atoms with Crippen LogP contribution in [0.4, 0.5) is 14.5 Å². The molecule has 0 unspecified atom stereocenters. The number of benzene rings is 2. The van der Waals surface area contributed by atoms with Gasteiger partial charge in [-0.05, 0) is 54.8 Å². The Labute approximate surface area is 232 Å². The standard InChI is InChI=1S/C26H20Cl2F2N4O4S/c1-2-39(36,37)22-6-3-14(13-31-22)9-21(35)32-16-11-17(27)23(18(28)12-16)26(7-8-26)25-33-24(38-34-25)15-4-5-19(29)20(30)10-15/h3-6,10-13H,2,7-9H2,1H3,(H,32,35). The summed E-state index contributed by atoms with van der Waals surface area (Å²) in [5.41, 5.74) is 0.975. The molecule has 0 saturated heterocycles. The van der Waals surface area contributed by atoms with Crippen molar-refractivity contribution in [2.45, 2.75) is 36.6 Å². The van der Waals surface area contributed by atoms with E-state index in [0.29, 0.717) is 35.5 Å². The fourth-order valence-electron chi connectivity index (χ4n) is 4.22. The summed E-state index contributed by atoms with van der Waals surface area (Å²) in [5, 5.41) is 7.30. The van der Waals surface area contributed by atoms with E-state index in [1.807, 2.05) is 0 Å². The number of hydrogen-bond acceptors (Lipinski definition) is 7. The van der Waals surface area contributed by atoms with E-state index < -0.39 is 26.9 Å². The number of pyridine rings is 1. The highest BCUT2D eigenvalue weighted by Crippen LogP contribution is 2.57. The van der Waals surface area contributed by atoms with Gasteiger partial charge in [-0.3, -0.25) is 4.79 Å². The highest BCUT2D eigenvalue weighted by Gasteiger charge is 2.52. The topological polar surface area (TPSA) is 115 Å². The average molecular weight is 593 g/mol. The van der Waals surface area contributed by atoms with Gasteiger partial charge in [0.05, 0.1) is 17.6 Å². The molecule has 0 spiro atoms. The predicted molar refractivity (Wildman–Crippen MR) is 140 cm³/mol. The summed E-state index contributed by atoms with van der Waals surface area (Å²) < 4.78 is 56.1. The van der Waals surface area contributed by atoms with Gasteiger partial charge < -0.3 is 9.84 Å². The molecule has 2 aromatic carbocycles. The van der Waals surface area contributed by atoms with Crippen LogP contribution in [0.5, 0.6) is 0 Å². The predicted octanol–water partition coefficient (Wildman–Crippen LogP) is 5.77. The molecule has 4 aromatic rings. The zero-order valence-corrected chi connectivity index (χ0v) is 22.7. The minimum absolute atomic E-state index is 0.0288. The molecular weight excluding hydrogens is 573 g/mol. The molecule has 202 valence electrons. The van der Waals surface area contributed by atoms with Crippen LogP contribution in [0, 0.1) is 11.6 Å². The van der Waals surface area contributed by atoms with E-state index in [0.717, 1.165) is 12.1 Å². The van der Waals surface area contributed by atoms with E-state index >= 15 is 0 Å². The molecule has 2 aromatic heterocycles. The number of halogens is 4. The number of nitrogens with zero attached hydrogens (tertiary/aromatic N) is 3. The van der Waals surface area contributed by atoms with Crippen molar-refractivity contribution in [3.05, 3.63) is 87.3 Å². The van der Waals surface area contributed by atoms with Gasteiger partial charge in [0.1, 0.15) is 0 Å². The monoisotopic (exact) mass is 592 g/mol. The molecule has 1 aliphatic carbocycles. The van der Waals surface area contributed by atoms with Gasteiger partial charge >= 0.3 is 0 Å². The molecule has 2 heterocycles. The summed E-state index contributed by atoms with van der Waals surface area (Å²) in [7, 11) is -3.43. The zero-order valence-electron chi connectivity index (χ0n) is 20.3. The molecule has 1 saturated carbocycles. The number of anilines is 1. The summed E-state index contributed by atoms with van der Waals surface area (Å²) in [5.74, 6) is -2.13. The number of carbonyl (C=O) groups excluding carboxylic acids is 1. The van der Waals surface area contributed by atoms with Crippen LogP contribution in [-0.2, 0) is 26.5 Å². The second kappa shape index (κ2) is 10.3.